The summed E-state index contributed by atoms with van der Waals surface area (Å²) in [5.41, 5.74) is 3.98. The molecular weight excluding hydrogens is 278 g/mol. The van der Waals surface area contributed by atoms with Crippen LogP contribution in [0.25, 0.3) is 0 Å². The van der Waals surface area contributed by atoms with Gasteiger partial charge in [0.15, 0.2) is 0 Å². The molecule has 1 unspecified atom stereocenters. The first kappa shape index (κ1) is 14.6. The predicted molar refractivity (Wildman–Crippen MR) is 75.5 cm³/mol. The van der Waals surface area contributed by atoms with Crippen molar-refractivity contribution in [1.29, 1.82) is 0 Å². The van der Waals surface area contributed by atoms with Crippen LogP contribution in [0.3, 0.4) is 0 Å². The van der Waals surface area contributed by atoms with Gasteiger partial charge in [-0.3, -0.25) is 16.3 Å². The van der Waals surface area contributed by atoms with E-state index >= 15 is 0 Å². The van der Waals surface area contributed by atoms with Gasteiger partial charge >= 0.3 is 0 Å². The van der Waals surface area contributed by atoms with Crippen LogP contribution in [-0.2, 0) is 6.42 Å². The highest BCUT2D eigenvalue weighted by molar-refractivity contribution is 9.10. The highest BCUT2D eigenvalue weighted by atomic mass is 79.9. The SMILES string of the molecule is CCCCCCC(Cc1ccc(Br)cn1)NN. The van der Waals surface area contributed by atoms with E-state index in [0.717, 1.165) is 23.0 Å². The number of pyridine rings is 1. The minimum Gasteiger partial charge on any atom is -0.271 e. The maximum Gasteiger partial charge on any atom is 0.0420 e. The van der Waals surface area contributed by atoms with E-state index in [1.165, 1.54) is 25.7 Å². The molecule has 1 aromatic rings. The normalized spacial score (nSPS) is 12.6. The maximum absolute atomic E-state index is 5.58. The molecule has 0 aliphatic heterocycles. The number of rotatable bonds is 8. The van der Waals surface area contributed by atoms with Crippen molar-refractivity contribution >= 4 is 15.9 Å². The second-order valence-electron chi connectivity index (χ2n) is 4.38. The third-order valence-corrected chi connectivity index (χ3v) is 3.36. The summed E-state index contributed by atoms with van der Waals surface area (Å²) in [5.74, 6) is 5.58. The Morgan fingerprint density at radius 3 is 2.76 bits per heavy atom. The predicted octanol–water partition coefficient (Wildman–Crippen LogP) is 3.19. The lowest BCUT2D eigenvalue weighted by Crippen LogP contribution is -2.36. The van der Waals surface area contributed by atoms with Crippen LogP contribution in [0.2, 0.25) is 0 Å². The topological polar surface area (TPSA) is 50.9 Å². The van der Waals surface area contributed by atoms with Gasteiger partial charge in [0, 0.05) is 28.8 Å². The largest absolute Gasteiger partial charge is 0.271 e. The zero-order valence-corrected chi connectivity index (χ0v) is 12.0. The summed E-state index contributed by atoms with van der Waals surface area (Å²) in [5, 5.41) is 0. The second kappa shape index (κ2) is 8.61. The molecule has 3 N–H and O–H groups in total. The Kier molecular flexibility index (Phi) is 7.40. The molecule has 0 saturated heterocycles. The van der Waals surface area contributed by atoms with Crippen LogP contribution in [0, 0.1) is 0 Å². The van der Waals surface area contributed by atoms with E-state index in [1.54, 1.807) is 0 Å². The first-order valence-electron chi connectivity index (χ1n) is 6.32. The number of nitrogens with zero attached hydrogens (tertiary/aromatic N) is 1. The van der Waals surface area contributed by atoms with Crippen molar-refractivity contribution in [2.75, 3.05) is 0 Å². The van der Waals surface area contributed by atoms with E-state index in [9.17, 15) is 0 Å². The number of aromatic nitrogens is 1. The van der Waals surface area contributed by atoms with E-state index in [1.807, 2.05) is 18.3 Å². The Balaban J connectivity index is 2.33. The number of unbranched alkanes of at least 4 members (excludes halogenated alkanes) is 3. The standard InChI is InChI=1S/C13H22BrN3/c1-2-3-4-5-6-13(17-15)9-12-8-7-11(14)10-16-12/h7-8,10,13,17H,2-6,9,15H2,1H3. The molecule has 0 bridgehead atoms. The lowest BCUT2D eigenvalue weighted by molar-refractivity contribution is 0.460. The average Bonchev–Trinajstić information content (AvgIpc) is 2.35. The van der Waals surface area contributed by atoms with Crippen LogP contribution in [0.5, 0.6) is 0 Å². The first-order valence-corrected chi connectivity index (χ1v) is 7.12. The number of hydrazine groups is 1. The van der Waals surface area contributed by atoms with Crippen LogP contribution < -0.4 is 11.3 Å². The number of nitrogens with two attached hydrogens (primary N) is 1. The fourth-order valence-corrected chi connectivity index (χ4v) is 2.08. The van der Waals surface area contributed by atoms with E-state index in [0.29, 0.717) is 6.04 Å². The van der Waals surface area contributed by atoms with Gasteiger partial charge in [-0.1, -0.05) is 32.6 Å². The van der Waals surface area contributed by atoms with Gasteiger partial charge < -0.3 is 0 Å². The van der Waals surface area contributed by atoms with Crippen LogP contribution in [0.15, 0.2) is 22.8 Å². The average molecular weight is 300 g/mol. The highest BCUT2D eigenvalue weighted by Gasteiger charge is 2.08. The fraction of sp³-hybridized carbons (Fsp3) is 0.615. The molecular formula is C13H22BrN3. The lowest BCUT2D eigenvalue weighted by atomic mass is 10.0. The van der Waals surface area contributed by atoms with Crippen molar-refractivity contribution < 1.29 is 0 Å². The molecule has 0 aliphatic carbocycles. The van der Waals surface area contributed by atoms with Crippen molar-refractivity contribution in [2.24, 2.45) is 5.84 Å². The third-order valence-electron chi connectivity index (χ3n) is 2.89. The summed E-state index contributed by atoms with van der Waals surface area (Å²) < 4.78 is 1.02. The molecule has 0 spiro atoms. The quantitative estimate of drug-likeness (QED) is 0.440. The molecule has 4 heteroatoms. The monoisotopic (exact) mass is 299 g/mol. The van der Waals surface area contributed by atoms with Crippen molar-refractivity contribution in [2.45, 2.75) is 51.5 Å². The minimum absolute atomic E-state index is 0.334. The third kappa shape index (κ3) is 6.15. The van der Waals surface area contributed by atoms with Gasteiger partial charge in [0.25, 0.3) is 0 Å². The molecule has 0 amide bonds. The van der Waals surface area contributed by atoms with E-state index in [2.05, 4.69) is 33.3 Å². The molecule has 96 valence electrons. The van der Waals surface area contributed by atoms with Crippen molar-refractivity contribution in [3.05, 3.63) is 28.5 Å². The summed E-state index contributed by atoms with van der Waals surface area (Å²) in [6.45, 7) is 2.23. The van der Waals surface area contributed by atoms with Crippen LogP contribution >= 0.6 is 15.9 Å². The van der Waals surface area contributed by atoms with Gasteiger partial charge in [0.1, 0.15) is 0 Å². The summed E-state index contributed by atoms with van der Waals surface area (Å²) in [7, 11) is 0. The maximum atomic E-state index is 5.58. The molecule has 1 rings (SSSR count). The zero-order chi connectivity index (χ0) is 12.5. The number of hydrogen-bond donors (Lipinski definition) is 2. The molecule has 0 radical (unpaired) electrons. The Morgan fingerprint density at radius 1 is 1.35 bits per heavy atom. The lowest BCUT2D eigenvalue weighted by Gasteiger charge is -2.15. The van der Waals surface area contributed by atoms with Crippen LogP contribution in [-0.4, -0.2) is 11.0 Å². The Labute approximate surface area is 112 Å². The summed E-state index contributed by atoms with van der Waals surface area (Å²) in [6.07, 6.45) is 8.97. The second-order valence-corrected chi connectivity index (χ2v) is 5.30. The first-order chi connectivity index (χ1) is 8.26. The molecule has 17 heavy (non-hydrogen) atoms. The van der Waals surface area contributed by atoms with Crippen molar-refractivity contribution in [3.63, 3.8) is 0 Å². The summed E-state index contributed by atoms with van der Waals surface area (Å²) in [4.78, 5) is 4.37. The molecule has 3 nitrogen and oxygen atoms in total. The van der Waals surface area contributed by atoms with Gasteiger partial charge in [0.2, 0.25) is 0 Å². The zero-order valence-electron chi connectivity index (χ0n) is 10.5. The number of halogens is 1. The Hall–Kier alpha value is -0.450. The van der Waals surface area contributed by atoms with Gasteiger partial charge in [-0.05, 0) is 34.5 Å². The van der Waals surface area contributed by atoms with E-state index in [4.69, 9.17) is 5.84 Å². The Bertz CT molecular complexity index is 300. The molecule has 1 aromatic heterocycles. The smallest absolute Gasteiger partial charge is 0.0420 e. The van der Waals surface area contributed by atoms with Gasteiger partial charge in [0.05, 0.1) is 0 Å². The summed E-state index contributed by atoms with van der Waals surface area (Å²) >= 11 is 3.39. The van der Waals surface area contributed by atoms with Gasteiger partial charge in [-0.25, -0.2) is 0 Å². The molecule has 0 aliphatic rings. The molecule has 0 fully saturated rings. The molecule has 0 saturated carbocycles. The fourth-order valence-electron chi connectivity index (χ4n) is 1.84. The minimum atomic E-state index is 0.334. The van der Waals surface area contributed by atoms with Crippen LogP contribution in [0.1, 0.15) is 44.7 Å². The van der Waals surface area contributed by atoms with E-state index < -0.39 is 0 Å². The van der Waals surface area contributed by atoms with Crippen molar-refractivity contribution in [1.82, 2.24) is 10.4 Å². The molecule has 1 atom stereocenters. The highest BCUT2D eigenvalue weighted by Crippen LogP contribution is 2.11. The van der Waals surface area contributed by atoms with Gasteiger partial charge in [-0.15, -0.1) is 0 Å². The van der Waals surface area contributed by atoms with Gasteiger partial charge in [-0.2, -0.15) is 0 Å². The van der Waals surface area contributed by atoms with E-state index in [-0.39, 0.29) is 0 Å². The van der Waals surface area contributed by atoms with Crippen molar-refractivity contribution in [3.8, 4) is 0 Å². The van der Waals surface area contributed by atoms with Crippen LogP contribution in [0.4, 0.5) is 0 Å². The molecule has 0 aromatic carbocycles. The number of hydrogen-bond acceptors (Lipinski definition) is 3. The Morgan fingerprint density at radius 2 is 2.18 bits per heavy atom. The summed E-state index contributed by atoms with van der Waals surface area (Å²) in [6, 6.07) is 4.40. The molecule has 1 heterocycles. The number of nitrogens with one attached hydrogen (secondary N) is 1.